The third-order valence-electron chi connectivity index (χ3n) is 6.47. The Labute approximate surface area is 240 Å². The van der Waals surface area contributed by atoms with Crippen LogP contribution in [0, 0.1) is 0 Å². The summed E-state index contributed by atoms with van der Waals surface area (Å²) in [6.45, 7) is 9.67. The highest BCUT2D eigenvalue weighted by Gasteiger charge is 2.46. The first-order valence-electron chi connectivity index (χ1n) is 12.9. The third kappa shape index (κ3) is 7.39. The number of phenolic OH excluding ortho intramolecular Hbond substituents is 1. The van der Waals surface area contributed by atoms with Crippen LogP contribution < -0.4 is 15.4 Å². The van der Waals surface area contributed by atoms with Gasteiger partial charge >= 0.3 is 10.3 Å². The fourth-order valence-electron chi connectivity index (χ4n) is 4.11. The largest absolute Gasteiger partial charge is 0.507 e. The minimum absolute atomic E-state index is 0.0141. The minimum Gasteiger partial charge on any atom is -0.507 e. The number of nitrogens with two attached hydrogens (primary N) is 1. The number of nitrogens with zero attached hydrogens (tertiary/aromatic N) is 7. The van der Waals surface area contributed by atoms with E-state index in [1.54, 1.807) is 9.62 Å². The van der Waals surface area contributed by atoms with Crippen LogP contribution in [0.2, 0.25) is 0 Å². The van der Waals surface area contributed by atoms with Gasteiger partial charge in [-0.3, -0.25) is 13.5 Å². The molecule has 0 unspecified atom stereocenters. The summed E-state index contributed by atoms with van der Waals surface area (Å²) in [5, 5.41) is 34.0. The van der Waals surface area contributed by atoms with E-state index in [9.17, 15) is 28.5 Å². The van der Waals surface area contributed by atoms with Crippen LogP contribution in [0.15, 0.2) is 35.7 Å². The summed E-state index contributed by atoms with van der Waals surface area (Å²) in [6.07, 6.45) is -5.09. The molecular formula is C23H33N10O8S+. The third-order valence-corrected chi connectivity index (χ3v) is 7.35. The van der Waals surface area contributed by atoms with Crippen LogP contribution in [0.4, 0.5) is 11.8 Å². The summed E-state index contributed by atoms with van der Waals surface area (Å²) in [4.78, 5) is 28.2. The van der Waals surface area contributed by atoms with Gasteiger partial charge in [-0.15, -0.1) is 0 Å². The van der Waals surface area contributed by atoms with Crippen LogP contribution in [-0.4, -0.2) is 93.7 Å². The van der Waals surface area contributed by atoms with E-state index in [1.807, 2.05) is 0 Å². The van der Waals surface area contributed by atoms with Gasteiger partial charge in [-0.2, -0.15) is 8.42 Å². The number of aliphatic hydroxyl groups is 2. The van der Waals surface area contributed by atoms with E-state index in [0.29, 0.717) is 0 Å². The number of aromatic nitrogens is 4. The molecule has 0 bridgehead atoms. The Morgan fingerprint density at radius 1 is 1.21 bits per heavy atom. The van der Waals surface area contributed by atoms with Crippen molar-refractivity contribution >= 4 is 39.1 Å². The molecule has 1 saturated heterocycles. The minimum atomic E-state index is -4.71. The molecule has 0 radical (unpaired) electrons. The van der Waals surface area contributed by atoms with E-state index in [-0.39, 0.29) is 28.5 Å². The highest BCUT2D eigenvalue weighted by Crippen LogP contribution is 2.36. The van der Waals surface area contributed by atoms with Gasteiger partial charge < -0.3 is 30.7 Å². The summed E-state index contributed by atoms with van der Waals surface area (Å²) in [7, 11) is -4.71. The lowest BCUT2D eigenvalue weighted by molar-refractivity contribution is -0.894. The number of fused-ring (bicyclic) bond motifs is 1. The topological polar surface area (TPSA) is 265 Å². The number of phenols is 1. The summed E-state index contributed by atoms with van der Waals surface area (Å²) in [5.74, 6) is -1.97. The van der Waals surface area contributed by atoms with Gasteiger partial charge in [-0.05, 0) is 43.5 Å². The van der Waals surface area contributed by atoms with Gasteiger partial charge in [-0.1, -0.05) is 12.1 Å². The second-order valence-electron chi connectivity index (χ2n) is 8.95. The molecule has 0 aliphatic carbocycles. The first kappa shape index (κ1) is 32.4. The highest BCUT2D eigenvalue weighted by atomic mass is 32.2. The fraction of sp³-hybridized carbons (Fsp3) is 0.478. The number of ether oxygens (including phenoxy) is 1. The number of quaternary nitrogens is 1. The van der Waals surface area contributed by atoms with Crippen molar-refractivity contribution in [2.24, 2.45) is 5.11 Å². The molecule has 19 heteroatoms. The van der Waals surface area contributed by atoms with E-state index in [4.69, 9.17) is 20.2 Å². The molecule has 1 amide bonds. The predicted molar refractivity (Wildman–Crippen MR) is 147 cm³/mol. The smallest absolute Gasteiger partial charge is 0.362 e. The standard InChI is InChI=1S/C17H17N9O8S.C6H15N/c18-13-10-14(21-6-20-13)26(17(22-10)23-25-19)16-12(29)11(28)9(34-16)5-33-35(31,32)24-15(30)7-3-1-2-4-8(7)27;1-4-7(5-2)6-3/h1-4,6,9,11-12,16,27-29H,5H2,(H,24,30)(H2,18,20,21);4-6H2,1-3H3/p+1/t9-,11-,12-,16-;/m1./s1. The van der Waals surface area contributed by atoms with Crippen LogP contribution in [0.3, 0.4) is 0 Å². The normalized spacial score (nSPS) is 20.1. The lowest BCUT2D eigenvalue weighted by Crippen LogP contribution is -3.11. The van der Waals surface area contributed by atoms with Crippen LogP contribution in [0.5, 0.6) is 5.75 Å². The molecule has 3 heterocycles. The molecule has 2 aromatic heterocycles. The number of para-hydroxylation sites is 1. The number of amides is 1. The molecular weight excluding hydrogens is 576 g/mol. The molecule has 1 aliphatic heterocycles. The zero-order valence-corrected chi connectivity index (χ0v) is 23.8. The van der Waals surface area contributed by atoms with Gasteiger partial charge in [0.2, 0.25) is 5.95 Å². The molecule has 1 aromatic carbocycles. The summed E-state index contributed by atoms with van der Waals surface area (Å²) in [5.41, 5.74) is 14.3. The fourth-order valence-corrected chi connectivity index (χ4v) is 4.82. The van der Waals surface area contributed by atoms with Crippen LogP contribution in [0.25, 0.3) is 21.6 Å². The van der Waals surface area contributed by atoms with Gasteiger partial charge in [0.25, 0.3) is 5.91 Å². The second-order valence-corrected chi connectivity index (χ2v) is 10.3. The molecule has 18 nitrogen and oxygen atoms in total. The maximum atomic E-state index is 12.2. The second kappa shape index (κ2) is 14.2. The van der Waals surface area contributed by atoms with Crippen LogP contribution >= 0.6 is 0 Å². The lowest BCUT2D eigenvalue weighted by atomic mass is 10.1. The van der Waals surface area contributed by atoms with Crippen LogP contribution in [-0.2, 0) is 19.2 Å². The highest BCUT2D eigenvalue weighted by molar-refractivity contribution is 7.85. The van der Waals surface area contributed by atoms with Crippen LogP contribution in [0.1, 0.15) is 37.4 Å². The molecule has 4 rings (SSSR count). The summed E-state index contributed by atoms with van der Waals surface area (Å²) >= 11 is 0. The first-order chi connectivity index (χ1) is 20.0. The lowest BCUT2D eigenvalue weighted by Gasteiger charge is -2.18. The molecule has 0 spiro atoms. The number of rotatable bonds is 10. The molecule has 1 aliphatic rings. The Bertz CT molecular complexity index is 1540. The van der Waals surface area contributed by atoms with Gasteiger partial charge in [0.15, 0.2) is 23.2 Å². The Morgan fingerprint density at radius 2 is 1.88 bits per heavy atom. The van der Waals surface area contributed by atoms with E-state index in [1.165, 1.54) is 43.9 Å². The predicted octanol–water partition coefficient (Wildman–Crippen LogP) is -0.702. The molecule has 42 heavy (non-hydrogen) atoms. The van der Waals surface area contributed by atoms with Crippen molar-refractivity contribution in [1.29, 1.82) is 0 Å². The molecule has 1 fully saturated rings. The number of azide groups is 1. The number of hydrogen-bond donors (Lipinski definition) is 6. The van der Waals surface area contributed by atoms with Crippen molar-refractivity contribution < 1.29 is 42.4 Å². The number of imidazole rings is 1. The Balaban J connectivity index is 0.000000616. The Morgan fingerprint density at radius 3 is 2.48 bits per heavy atom. The van der Waals surface area contributed by atoms with Gasteiger partial charge in [-0.25, -0.2) is 19.7 Å². The maximum absolute atomic E-state index is 12.2. The summed E-state index contributed by atoms with van der Waals surface area (Å²) < 4.78 is 37.4. The van der Waals surface area contributed by atoms with Crippen molar-refractivity contribution in [2.75, 3.05) is 32.0 Å². The number of carbonyl (C=O) groups excluding carboxylic acids is 1. The number of hydrogen-bond acceptors (Lipinski definition) is 13. The van der Waals surface area contributed by atoms with Crippen molar-refractivity contribution in [2.45, 2.75) is 45.3 Å². The SMILES string of the molecule is CC[NH+](CC)CC.[N-]=[N+]=Nc1nc2c(N)ncnc2n1[C@@H]1O[C@H](COS(=O)(=O)NC(=O)c2ccccc2O)[C@@H](O)[C@H]1O. The Hall–Kier alpha value is -4.10. The zero-order valence-electron chi connectivity index (χ0n) is 23.0. The molecule has 0 saturated carbocycles. The van der Waals surface area contributed by atoms with Gasteiger partial charge in [0.05, 0.1) is 31.8 Å². The molecule has 4 atom stereocenters. The van der Waals surface area contributed by atoms with Crippen molar-refractivity contribution in [1.82, 2.24) is 24.2 Å². The number of nitrogen functional groups attached to an aromatic ring is 1. The van der Waals surface area contributed by atoms with E-state index >= 15 is 0 Å². The number of nitrogens with one attached hydrogen (secondary N) is 2. The van der Waals surface area contributed by atoms with Crippen molar-refractivity contribution in [3.63, 3.8) is 0 Å². The number of carbonyl (C=O) groups is 1. The van der Waals surface area contributed by atoms with Crippen molar-refractivity contribution in [3.8, 4) is 5.75 Å². The van der Waals surface area contributed by atoms with E-state index in [2.05, 4.69) is 45.7 Å². The van der Waals surface area contributed by atoms with Crippen molar-refractivity contribution in [3.05, 3.63) is 46.6 Å². The maximum Gasteiger partial charge on any atom is 0.362 e. The number of benzene rings is 1. The number of aromatic hydroxyl groups is 1. The number of aliphatic hydroxyl groups excluding tert-OH is 2. The summed E-state index contributed by atoms with van der Waals surface area (Å²) in [6, 6.07) is 5.23. The molecule has 7 N–H and O–H groups in total. The quantitative estimate of drug-likeness (QED) is 0.0946. The number of anilines is 1. The average Bonchev–Trinajstić information content (AvgIpc) is 3.46. The van der Waals surface area contributed by atoms with Gasteiger partial charge in [0.1, 0.15) is 30.4 Å². The average molecular weight is 610 g/mol. The van der Waals surface area contributed by atoms with Gasteiger partial charge in [0, 0.05) is 4.91 Å². The monoisotopic (exact) mass is 609 g/mol. The Kier molecular flexibility index (Phi) is 10.9. The van der Waals surface area contributed by atoms with E-state index in [0.717, 1.165) is 10.9 Å². The zero-order chi connectivity index (χ0) is 31.0. The first-order valence-corrected chi connectivity index (χ1v) is 14.3. The molecule has 3 aromatic rings. The molecule has 228 valence electrons. The van der Waals surface area contributed by atoms with E-state index < -0.39 is 53.1 Å².